The van der Waals surface area contributed by atoms with Crippen molar-refractivity contribution in [2.75, 3.05) is 32.0 Å². The lowest BCUT2D eigenvalue weighted by Gasteiger charge is -2.35. The molecule has 1 aliphatic heterocycles. The third kappa shape index (κ3) is 3.72. The molecule has 1 saturated heterocycles. The number of morpholine rings is 1. The van der Waals surface area contributed by atoms with E-state index in [4.69, 9.17) is 10.5 Å². The summed E-state index contributed by atoms with van der Waals surface area (Å²) in [4.78, 5) is 2.57. The first-order valence-electron chi connectivity index (χ1n) is 6.96. The highest BCUT2D eigenvalue weighted by atomic mass is 16.5. The Balaban J connectivity index is 1.75. The molecule has 1 aromatic carbocycles. The van der Waals surface area contributed by atoms with Gasteiger partial charge in [0.1, 0.15) is 0 Å². The molecule has 0 spiro atoms. The molecule has 18 heavy (non-hydrogen) atoms. The van der Waals surface area contributed by atoms with Crippen molar-refractivity contribution in [1.82, 2.24) is 4.90 Å². The highest BCUT2D eigenvalue weighted by Crippen LogP contribution is 2.13. The molecule has 1 atom stereocenters. The maximum Gasteiger partial charge on any atom is 0.0622 e. The highest BCUT2D eigenvalue weighted by molar-refractivity contribution is 5.39. The smallest absolute Gasteiger partial charge is 0.0622 e. The van der Waals surface area contributed by atoms with Crippen LogP contribution >= 0.6 is 0 Å². The van der Waals surface area contributed by atoms with Gasteiger partial charge in [0.15, 0.2) is 0 Å². The molecule has 3 heteroatoms. The fraction of sp³-hybridized carbons (Fsp3) is 0.600. The van der Waals surface area contributed by atoms with E-state index < -0.39 is 0 Å². The molecule has 0 aliphatic carbocycles. The van der Waals surface area contributed by atoms with E-state index in [1.165, 1.54) is 24.9 Å². The molecule has 0 amide bonds. The quantitative estimate of drug-likeness (QED) is 0.813. The molecule has 3 nitrogen and oxygen atoms in total. The molecule has 100 valence electrons. The maximum atomic E-state index is 5.69. The number of aryl methyl sites for hydroxylation is 1. The number of nitrogens with zero attached hydrogens (tertiary/aromatic N) is 1. The number of nitrogen functional groups attached to an aromatic ring is 1. The number of benzene rings is 1. The van der Waals surface area contributed by atoms with Gasteiger partial charge < -0.3 is 10.5 Å². The van der Waals surface area contributed by atoms with Crippen molar-refractivity contribution in [2.45, 2.75) is 32.2 Å². The third-order valence-corrected chi connectivity index (χ3v) is 3.71. The number of rotatable bonds is 5. The van der Waals surface area contributed by atoms with E-state index >= 15 is 0 Å². The van der Waals surface area contributed by atoms with Crippen LogP contribution in [0.3, 0.4) is 0 Å². The van der Waals surface area contributed by atoms with E-state index in [9.17, 15) is 0 Å². The molecule has 0 aromatic heterocycles. The lowest BCUT2D eigenvalue weighted by molar-refractivity contribution is -0.00887. The van der Waals surface area contributed by atoms with Gasteiger partial charge >= 0.3 is 0 Å². The molecule has 0 saturated carbocycles. The average molecular weight is 248 g/mol. The third-order valence-electron chi connectivity index (χ3n) is 3.71. The minimum atomic E-state index is 0.616. The van der Waals surface area contributed by atoms with Crippen LogP contribution in [0.5, 0.6) is 0 Å². The molecule has 1 unspecified atom stereocenters. The van der Waals surface area contributed by atoms with Gasteiger partial charge in [-0.15, -0.1) is 0 Å². The van der Waals surface area contributed by atoms with Crippen LogP contribution in [0.15, 0.2) is 24.3 Å². The monoisotopic (exact) mass is 248 g/mol. The summed E-state index contributed by atoms with van der Waals surface area (Å²) in [5.74, 6) is 0. The van der Waals surface area contributed by atoms with Gasteiger partial charge in [-0.3, -0.25) is 4.90 Å². The van der Waals surface area contributed by atoms with Crippen molar-refractivity contribution in [3.8, 4) is 0 Å². The molecule has 1 heterocycles. The lowest BCUT2D eigenvalue weighted by atomic mass is 10.1. The van der Waals surface area contributed by atoms with Crippen LogP contribution < -0.4 is 5.73 Å². The molecule has 1 aromatic rings. The number of ether oxygens (including phenoxy) is 1. The maximum absolute atomic E-state index is 5.69. The van der Waals surface area contributed by atoms with E-state index in [1.54, 1.807) is 0 Å². The molecule has 0 bridgehead atoms. The van der Waals surface area contributed by atoms with Crippen molar-refractivity contribution in [2.24, 2.45) is 0 Å². The summed E-state index contributed by atoms with van der Waals surface area (Å²) in [6.45, 7) is 6.29. The van der Waals surface area contributed by atoms with E-state index in [-0.39, 0.29) is 0 Å². The topological polar surface area (TPSA) is 38.5 Å². The van der Waals surface area contributed by atoms with Crippen molar-refractivity contribution in [3.63, 3.8) is 0 Å². The fourth-order valence-electron chi connectivity index (χ4n) is 2.53. The van der Waals surface area contributed by atoms with Gasteiger partial charge in [0, 0.05) is 18.3 Å². The largest absolute Gasteiger partial charge is 0.399 e. The minimum absolute atomic E-state index is 0.616. The Bertz CT molecular complexity index is 350. The second-order valence-corrected chi connectivity index (χ2v) is 5.02. The molecule has 1 fully saturated rings. The SMILES string of the molecule is CCC1COCCN1CCCc1ccc(N)cc1. The summed E-state index contributed by atoms with van der Waals surface area (Å²) in [5, 5.41) is 0. The number of nitrogens with two attached hydrogens (primary N) is 1. The Morgan fingerprint density at radius 1 is 1.33 bits per heavy atom. The fourth-order valence-corrected chi connectivity index (χ4v) is 2.53. The summed E-state index contributed by atoms with van der Waals surface area (Å²) in [5.41, 5.74) is 7.91. The summed E-state index contributed by atoms with van der Waals surface area (Å²) >= 11 is 0. The average Bonchev–Trinajstić information content (AvgIpc) is 2.41. The zero-order valence-electron chi connectivity index (χ0n) is 11.3. The van der Waals surface area contributed by atoms with Gasteiger partial charge in [-0.2, -0.15) is 0 Å². The van der Waals surface area contributed by atoms with Crippen LogP contribution in [-0.4, -0.2) is 37.2 Å². The standard InChI is InChI=1S/C15H24N2O/c1-2-15-12-18-11-10-17(15)9-3-4-13-5-7-14(16)8-6-13/h5-8,15H,2-4,9-12,16H2,1H3. The first kappa shape index (κ1) is 13.4. The van der Waals surface area contributed by atoms with Gasteiger partial charge in [0.2, 0.25) is 0 Å². The van der Waals surface area contributed by atoms with Gasteiger partial charge in [-0.25, -0.2) is 0 Å². The van der Waals surface area contributed by atoms with Crippen LogP contribution in [-0.2, 0) is 11.2 Å². The van der Waals surface area contributed by atoms with Crippen molar-refractivity contribution in [1.29, 1.82) is 0 Å². The lowest BCUT2D eigenvalue weighted by Crippen LogP contribution is -2.45. The van der Waals surface area contributed by atoms with E-state index in [0.717, 1.165) is 31.9 Å². The number of anilines is 1. The van der Waals surface area contributed by atoms with Gasteiger partial charge in [0.25, 0.3) is 0 Å². The molecule has 2 rings (SSSR count). The van der Waals surface area contributed by atoms with E-state index in [0.29, 0.717) is 6.04 Å². The Kier molecular flexibility index (Phi) is 5.02. The Morgan fingerprint density at radius 2 is 2.11 bits per heavy atom. The molecular weight excluding hydrogens is 224 g/mol. The Hall–Kier alpha value is -1.06. The second kappa shape index (κ2) is 6.76. The normalized spacial score (nSPS) is 21.1. The van der Waals surface area contributed by atoms with Crippen LogP contribution in [0.2, 0.25) is 0 Å². The zero-order chi connectivity index (χ0) is 12.8. The van der Waals surface area contributed by atoms with Crippen LogP contribution in [0.1, 0.15) is 25.3 Å². The van der Waals surface area contributed by atoms with Crippen molar-refractivity contribution >= 4 is 5.69 Å². The first-order valence-corrected chi connectivity index (χ1v) is 6.96. The van der Waals surface area contributed by atoms with Gasteiger partial charge in [0.05, 0.1) is 13.2 Å². The van der Waals surface area contributed by atoms with Crippen LogP contribution in [0, 0.1) is 0 Å². The van der Waals surface area contributed by atoms with Crippen LogP contribution in [0.25, 0.3) is 0 Å². The Morgan fingerprint density at radius 3 is 2.83 bits per heavy atom. The van der Waals surface area contributed by atoms with E-state index in [2.05, 4.69) is 24.0 Å². The second-order valence-electron chi connectivity index (χ2n) is 5.02. The zero-order valence-corrected chi connectivity index (χ0v) is 11.3. The number of hydrogen-bond acceptors (Lipinski definition) is 3. The van der Waals surface area contributed by atoms with Crippen molar-refractivity contribution in [3.05, 3.63) is 29.8 Å². The molecule has 2 N–H and O–H groups in total. The number of hydrogen-bond donors (Lipinski definition) is 1. The first-order chi connectivity index (χ1) is 8.79. The van der Waals surface area contributed by atoms with Crippen LogP contribution in [0.4, 0.5) is 5.69 Å². The van der Waals surface area contributed by atoms with Gasteiger partial charge in [-0.1, -0.05) is 19.1 Å². The van der Waals surface area contributed by atoms with Crippen molar-refractivity contribution < 1.29 is 4.74 Å². The molecular formula is C15H24N2O. The minimum Gasteiger partial charge on any atom is -0.399 e. The summed E-state index contributed by atoms with van der Waals surface area (Å²) < 4.78 is 5.53. The summed E-state index contributed by atoms with van der Waals surface area (Å²) in [6.07, 6.45) is 3.52. The summed E-state index contributed by atoms with van der Waals surface area (Å²) in [7, 11) is 0. The highest BCUT2D eigenvalue weighted by Gasteiger charge is 2.20. The predicted octanol–water partition coefficient (Wildman–Crippen LogP) is 2.31. The molecule has 1 aliphatic rings. The van der Waals surface area contributed by atoms with E-state index in [1.807, 2.05) is 12.1 Å². The predicted molar refractivity (Wildman–Crippen MR) is 75.6 cm³/mol. The Labute approximate surface area is 110 Å². The van der Waals surface area contributed by atoms with Gasteiger partial charge in [-0.05, 0) is 43.5 Å². The summed E-state index contributed by atoms with van der Waals surface area (Å²) in [6, 6.07) is 8.85. The molecule has 0 radical (unpaired) electrons.